The predicted molar refractivity (Wildman–Crippen MR) is 104 cm³/mol. The molecule has 0 aromatic carbocycles. The molecule has 2 aliphatic heterocycles. The molecule has 0 spiro atoms. The van der Waals surface area contributed by atoms with Crippen molar-refractivity contribution in [2.24, 2.45) is 40.8 Å². The number of nitrogens with zero attached hydrogens (tertiary/aromatic N) is 4. The third-order valence-corrected chi connectivity index (χ3v) is 8.46. The molecule has 7 heteroatoms. The highest BCUT2D eigenvalue weighted by Gasteiger charge is 2.61. The Kier molecular flexibility index (Phi) is 4.89. The molecule has 5 aliphatic rings. The van der Waals surface area contributed by atoms with Crippen LogP contribution >= 0.6 is 0 Å². The van der Waals surface area contributed by atoms with Crippen molar-refractivity contribution < 1.29 is 9.59 Å². The monoisotopic (exact) mass is 388 g/mol. The molecular formula is C21H32N4O3. The average molecular weight is 389 g/mol. The zero-order chi connectivity index (χ0) is 19.3. The summed E-state index contributed by atoms with van der Waals surface area (Å²) >= 11 is 0. The van der Waals surface area contributed by atoms with E-state index in [1.807, 2.05) is 0 Å². The number of hydrogen-bond acceptors (Lipinski definition) is 5. The van der Waals surface area contributed by atoms with Crippen LogP contribution in [-0.4, -0.2) is 65.9 Å². The first-order chi connectivity index (χ1) is 13.7. The molecule has 2 bridgehead atoms. The molecule has 0 N–H and O–H groups in total. The minimum atomic E-state index is 0.0113. The second-order valence-corrected chi connectivity index (χ2v) is 9.81. The molecule has 0 aromatic rings. The van der Waals surface area contributed by atoms with Crippen molar-refractivity contribution in [1.82, 2.24) is 14.8 Å². The highest BCUT2D eigenvalue weighted by atomic mass is 16.3. The van der Waals surface area contributed by atoms with E-state index in [2.05, 4.69) is 10.2 Å². The number of fused-ring (bicyclic) bond motifs is 5. The third kappa shape index (κ3) is 3.06. The van der Waals surface area contributed by atoms with Crippen LogP contribution < -0.4 is 0 Å². The first kappa shape index (κ1) is 18.5. The normalized spacial score (nSPS) is 41.0. The summed E-state index contributed by atoms with van der Waals surface area (Å²) in [6.45, 7) is 4.83. The summed E-state index contributed by atoms with van der Waals surface area (Å²) in [6, 6.07) is 0. The number of likely N-dealkylation sites (tertiary alicyclic amines) is 1. The summed E-state index contributed by atoms with van der Waals surface area (Å²) in [4.78, 5) is 41.0. The van der Waals surface area contributed by atoms with Crippen molar-refractivity contribution in [2.75, 3.05) is 39.3 Å². The lowest BCUT2D eigenvalue weighted by molar-refractivity contribution is -0.142. The first-order valence-electron chi connectivity index (χ1n) is 11.3. The van der Waals surface area contributed by atoms with Gasteiger partial charge in [-0.15, -0.1) is 4.91 Å². The molecular weight excluding hydrogens is 356 g/mol. The molecule has 5 fully saturated rings. The van der Waals surface area contributed by atoms with Gasteiger partial charge in [0.15, 0.2) is 0 Å². The smallest absolute Gasteiger partial charge is 0.233 e. The Labute approximate surface area is 166 Å². The molecule has 0 unspecified atom stereocenters. The largest absolute Gasteiger partial charge is 0.299 e. The molecule has 0 aromatic heterocycles. The number of carbonyl (C=O) groups is 2. The molecule has 7 nitrogen and oxygen atoms in total. The third-order valence-electron chi connectivity index (χ3n) is 8.46. The number of amides is 2. The number of imide groups is 1. The van der Waals surface area contributed by atoms with E-state index in [0.29, 0.717) is 43.3 Å². The van der Waals surface area contributed by atoms with E-state index in [4.69, 9.17) is 0 Å². The highest BCUT2D eigenvalue weighted by molar-refractivity contribution is 6.06. The van der Waals surface area contributed by atoms with Crippen LogP contribution in [0.15, 0.2) is 5.29 Å². The van der Waals surface area contributed by atoms with Gasteiger partial charge in [-0.05, 0) is 55.8 Å². The van der Waals surface area contributed by atoms with Gasteiger partial charge in [0, 0.05) is 26.2 Å². The van der Waals surface area contributed by atoms with Crippen LogP contribution in [0.3, 0.4) is 0 Å². The van der Waals surface area contributed by atoms with Crippen LogP contribution in [0.2, 0.25) is 0 Å². The highest BCUT2D eigenvalue weighted by Crippen LogP contribution is 2.56. The molecule has 154 valence electrons. The number of piperazine rings is 1. The fraction of sp³-hybridized carbons (Fsp3) is 0.905. The number of nitroso groups, excluding NO2 is 1. The topological polar surface area (TPSA) is 73.3 Å². The Morgan fingerprint density at radius 1 is 0.786 bits per heavy atom. The maximum atomic E-state index is 13.1. The van der Waals surface area contributed by atoms with Gasteiger partial charge in [0.25, 0.3) is 0 Å². The van der Waals surface area contributed by atoms with Gasteiger partial charge in [-0.3, -0.25) is 24.4 Å². The van der Waals surface area contributed by atoms with Crippen LogP contribution in [0, 0.1) is 40.4 Å². The van der Waals surface area contributed by atoms with E-state index in [9.17, 15) is 14.5 Å². The van der Waals surface area contributed by atoms with Gasteiger partial charge in [-0.2, -0.15) is 0 Å². The van der Waals surface area contributed by atoms with Crippen molar-refractivity contribution in [3.8, 4) is 0 Å². The molecule has 5 rings (SSSR count). The Hall–Kier alpha value is -1.50. The van der Waals surface area contributed by atoms with E-state index in [-0.39, 0.29) is 23.7 Å². The quantitative estimate of drug-likeness (QED) is 0.533. The van der Waals surface area contributed by atoms with Crippen LogP contribution in [-0.2, 0) is 9.59 Å². The summed E-state index contributed by atoms with van der Waals surface area (Å²) in [5, 5.41) is 4.65. The molecule has 3 saturated carbocycles. The van der Waals surface area contributed by atoms with Gasteiger partial charge >= 0.3 is 0 Å². The van der Waals surface area contributed by atoms with Crippen molar-refractivity contribution in [2.45, 2.75) is 44.9 Å². The molecule has 2 amide bonds. The Morgan fingerprint density at radius 2 is 1.36 bits per heavy atom. The van der Waals surface area contributed by atoms with Crippen LogP contribution in [0.4, 0.5) is 0 Å². The Morgan fingerprint density at radius 3 is 1.93 bits per heavy atom. The minimum absolute atomic E-state index is 0.0113. The van der Waals surface area contributed by atoms with Gasteiger partial charge in [0.2, 0.25) is 11.8 Å². The zero-order valence-electron chi connectivity index (χ0n) is 16.7. The van der Waals surface area contributed by atoms with Gasteiger partial charge in [0.05, 0.1) is 30.2 Å². The van der Waals surface area contributed by atoms with Crippen molar-refractivity contribution in [3.05, 3.63) is 4.91 Å². The summed E-state index contributed by atoms with van der Waals surface area (Å²) < 4.78 is 0. The summed E-state index contributed by atoms with van der Waals surface area (Å²) in [5.41, 5.74) is 0. The SMILES string of the molecule is O=NN1CCN(C[C@@H]2CCCC[C@H]2CN2C(=O)[C@@H]3[C@H]4CC[C@H](C4)[C@@H]3C2=O)CC1. The number of carbonyl (C=O) groups excluding carboxylic acids is 2. The Bertz CT molecular complexity index is 620. The van der Waals surface area contributed by atoms with Gasteiger partial charge in [-0.25, -0.2) is 0 Å². The number of rotatable bonds is 5. The lowest BCUT2D eigenvalue weighted by Crippen LogP contribution is -2.48. The molecule has 2 saturated heterocycles. The van der Waals surface area contributed by atoms with Gasteiger partial charge in [-0.1, -0.05) is 12.8 Å². The lowest BCUT2D eigenvalue weighted by atomic mass is 9.78. The second kappa shape index (κ2) is 7.39. The fourth-order valence-electron chi connectivity index (χ4n) is 6.98. The van der Waals surface area contributed by atoms with E-state index in [0.717, 1.165) is 45.3 Å². The van der Waals surface area contributed by atoms with Gasteiger partial charge < -0.3 is 0 Å². The molecule has 3 aliphatic carbocycles. The van der Waals surface area contributed by atoms with Crippen molar-refractivity contribution >= 4 is 11.8 Å². The summed E-state index contributed by atoms with van der Waals surface area (Å²) in [6.07, 6.45) is 8.16. The van der Waals surface area contributed by atoms with E-state index < -0.39 is 0 Å². The molecule has 0 radical (unpaired) electrons. The van der Waals surface area contributed by atoms with Crippen LogP contribution in [0.25, 0.3) is 0 Å². The predicted octanol–water partition coefficient (Wildman–Crippen LogP) is 2.12. The first-order valence-corrected chi connectivity index (χ1v) is 11.3. The fourth-order valence-corrected chi connectivity index (χ4v) is 6.98. The molecule has 2 heterocycles. The van der Waals surface area contributed by atoms with E-state index >= 15 is 0 Å². The lowest BCUT2D eigenvalue weighted by Gasteiger charge is -2.39. The van der Waals surface area contributed by atoms with Gasteiger partial charge in [0.1, 0.15) is 0 Å². The summed E-state index contributed by atoms with van der Waals surface area (Å²) in [5.74, 6) is 2.24. The minimum Gasteiger partial charge on any atom is -0.299 e. The van der Waals surface area contributed by atoms with Crippen molar-refractivity contribution in [1.29, 1.82) is 0 Å². The van der Waals surface area contributed by atoms with Crippen molar-refractivity contribution in [3.63, 3.8) is 0 Å². The Balaban J connectivity index is 1.23. The van der Waals surface area contributed by atoms with E-state index in [1.54, 1.807) is 9.91 Å². The number of hydrogen-bond donors (Lipinski definition) is 0. The molecule has 28 heavy (non-hydrogen) atoms. The van der Waals surface area contributed by atoms with E-state index in [1.165, 1.54) is 19.3 Å². The van der Waals surface area contributed by atoms with Crippen LogP contribution in [0.5, 0.6) is 0 Å². The maximum Gasteiger partial charge on any atom is 0.233 e. The second-order valence-electron chi connectivity index (χ2n) is 9.81. The van der Waals surface area contributed by atoms with Crippen LogP contribution in [0.1, 0.15) is 44.9 Å². The average Bonchev–Trinajstić information content (AvgIpc) is 3.40. The summed E-state index contributed by atoms with van der Waals surface area (Å²) in [7, 11) is 0. The zero-order valence-corrected chi connectivity index (χ0v) is 16.7. The standard InChI is InChI=1S/C21H32N4O3/c26-20-18-14-5-6-15(11-14)19(18)21(27)25(20)13-17-4-2-1-3-16(17)12-23-7-9-24(22-28)10-8-23/h14-19H,1-13H2/t14-,15+,16-,17-,18+,19-/m0/s1. The maximum absolute atomic E-state index is 13.1. The molecule has 6 atom stereocenters.